The molecule has 0 amide bonds. The van der Waals surface area contributed by atoms with Crippen molar-refractivity contribution < 1.29 is 4.42 Å². The van der Waals surface area contributed by atoms with Crippen molar-refractivity contribution in [3.05, 3.63) is 53.9 Å². The van der Waals surface area contributed by atoms with Gasteiger partial charge in [-0.1, -0.05) is 24.6 Å². The number of nitrogens with zero attached hydrogens (tertiary/aromatic N) is 5. The molecule has 2 aromatic heterocycles. The molecule has 3 rings (SSSR count). The van der Waals surface area contributed by atoms with Gasteiger partial charge >= 0.3 is 0 Å². The van der Waals surface area contributed by atoms with Crippen LogP contribution in [0.1, 0.15) is 30.9 Å². The zero-order chi connectivity index (χ0) is 20.5. The minimum absolute atomic E-state index is 0.627. The van der Waals surface area contributed by atoms with E-state index in [-0.39, 0.29) is 0 Å². The predicted octanol–water partition coefficient (Wildman–Crippen LogP) is 2.60. The summed E-state index contributed by atoms with van der Waals surface area (Å²) < 4.78 is 7.67. The van der Waals surface area contributed by atoms with Crippen molar-refractivity contribution in [1.82, 2.24) is 30.4 Å². The molecule has 154 valence electrons. The molecule has 0 spiro atoms. The summed E-state index contributed by atoms with van der Waals surface area (Å²) in [6.07, 6.45) is 5.07. The maximum Gasteiger partial charge on any atom is 0.226 e. The fourth-order valence-electron chi connectivity index (χ4n) is 2.91. The highest BCUT2D eigenvalue weighted by molar-refractivity contribution is 5.79. The molecule has 0 aliphatic carbocycles. The summed E-state index contributed by atoms with van der Waals surface area (Å²) in [5.74, 6) is 2.43. The summed E-state index contributed by atoms with van der Waals surface area (Å²) in [5, 5.41) is 14.7. The Hall–Kier alpha value is -3.16. The third-order valence-corrected chi connectivity index (χ3v) is 4.49. The lowest BCUT2D eigenvalue weighted by molar-refractivity contribution is 0.572. The quantitative estimate of drug-likeness (QED) is 0.427. The molecule has 0 unspecified atom stereocenters. The molecule has 0 saturated carbocycles. The van der Waals surface area contributed by atoms with Crippen LogP contribution in [-0.4, -0.2) is 45.3 Å². The fourth-order valence-corrected chi connectivity index (χ4v) is 2.91. The van der Waals surface area contributed by atoms with Gasteiger partial charge in [-0.25, -0.2) is 4.98 Å². The Morgan fingerprint density at radius 2 is 2.00 bits per heavy atom. The number of aliphatic imine (C=N–C) groups is 1. The van der Waals surface area contributed by atoms with Gasteiger partial charge in [-0.3, -0.25) is 4.99 Å². The zero-order valence-electron chi connectivity index (χ0n) is 17.4. The van der Waals surface area contributed by atoms with Crippen molar-refractivity contribution in [3.63, 3.8) is 0 Å². The average Bonchev–Trinajstić information content (AvgIpc) is 3.38. The van der Waals surface area contributed by atoms with E-state index in [4.69, 9.17) is 4.42 Å². The molecule has 8 nitrogen and oxygen atoms in total. The Morgan fingerprint density at radius 3 is 2.76 bits per heavy atom. The van der Waals surface area contributed by atoms with Gasteiger partial charge in [-0.2, -0.15) is 0 Å². The zero-order valence-corrected chi connectivity index (χ0v) is 17.4. The third-order valence-electron chi connectivity index (χ3n) is 4.49. The number of guanidine groups is 1. The van der Waals surface area contributed by atoms with E-state index in [0.717, 1.165) is 55.5 Å². The molecule has 0 aliphatic rings. The molecule has 1 aromatic carbocycles. The topological polar surface area (TPSA) is 93.2 Å². The molecule has 29 heavy (non-hydrogen) atoms. The van der Waals surface area contributed by atoms with Crippen molar-refractivity contribution in [2.45, 2.75) is 40.2 Å². The van der Waals surface area contributed by atoms with Gasteiger partial charge in [0.25, 0.3) is 0 Å². The Kier molecular flexibility index (Phi) is 7.38. The molecule has 3 aromatic rings. The molecule has 0 atom stereocenters. The highest BCUT2D eigenvalue weighted by Gasteiger charge is 2.07. The molecule has 0 aliphatic heterocycles. The summed E-state index contributed by atoms with van der Waals surface area (Å²) in [7, 11) is 0. The normalized spacial score (nSPS) is 11.6. The fraction of sp³-hybridized carbons (Fsp3) is 0.429. The second-order valence-corrected chi connectivity index (χ2v) is 6.74. The van der Waals surface area contributed by atoms with Crippen molar-refractivity contribution in [2.75, 3.05) is 19.6 Å². The maximum atomic E-state index is 5.62. The van der Waals surface area contributed by atoms with E-state index in [0.29, 0.717) is 12.4 Å². The second-order valence-electron chi connectivity index (χ2n) is 6.74. The number of hydrogen-bond donors (Lipinski definition) is 2. The molecular weight excluding hydrogens is 366 g/mol. The lowest BCUT2D eigenvalue weighted by Crippen LogP contribution is -2.39. The minimum Gasteiger partial charge on any atom is -0.444 e. The smallest absolute Gasteiger partial charge is 0.226 e. The molecule has 2 heterocycles. The summed E-state index contributed by atoms with van der Waals surface area (Å²) in [4.78, 5) is 9.21. The first-order valence-corrected chi connectivity index (χ1v) is 10.1. The van der Waals surface area contributed by atoms with Crippen molar-refractivity contribution >= 4 is 5.96 Å². The first-order chi connectivity index (χ1) is 14.2. The van der Waals surface area contributed by atoms with Gasteiger partial charge in [-0.05, 0) is 26.0 Å². The van der Waals surface area contributed by atoms with E-state index in [1.807, 2.05) is 12.1 Å². The van der Waals surface area contributed by atoms with E-state index in [1.165, 1.54) is 5.56 Å². The van der Waals surface area contributed by atoms with Crippen LogP contribution < -0.4 is 10.6 Å². The van der Waals surface area contributed by atoms with E-state index in [1.54, 1.807) is 12.6 Å². The van der Waals surface area contributed by atoms with Gasteiger partial charge in [0.1, 0.15) is 18.4 Å². The molecule has 0 fully saturated rings. The predicted molar refractivity (Wildman–Crippen MR) is 114 cm³/mol. The van der Waals surface area contributed by atoms with E-state index in [2.05, 4.69) is 68.3 Å². The first-order valence-electron chi connectivity index (χ1n) is 10.1. The Labute approximate surface area is 171 Å². The van der Waals surface area contributed by atoms with Crippen LogP contribution in [0, 0.1) is 6.92 Å². The van der Waals surface area contributed by atoms with Crippen LogP contribution in [0.2, 0.25) is 0 Å². The molecule has 8 heteroatoms. The summed E-state index contributed by atoms with van der Waals surface area (Å²) in [6, 6.07) is 8.16. The van der Waals surface area contributed by atoms with E-state index < -0.39 is 0 Å². The second kappa shape index (κ2) is 10.4. The number of hydrogen-bond acceptors (Lipinski definition) is 5. The highest BCUT2D eigenvalue weighted by atomic mass is 16.3. The molecule has 0 radical (unpaired) electrons. The Bertz CT molecular complexity index is 911. The first kappa shape index (κ1) is 20.6. The van der Waals surface area contributed by atoms with Crippen LogP contribution in [0.15, 0.2) is 46.3 Å². The van der Waals surface area contributed by atoms with Crippen LogP contribution in [0.5, 0.6) is 0 Å². The largest absolute Gasteiger partial charge is 0.444 e. The summed E-state index contributed by atoms with van der Waals surface area (Å²) >= 11 is 0. The number of rotatable bonds is 9. The van der Waals surface area contributed by atoms with E-state index >= 15 is 0 Å². The number of oxazole rings is 1. The third kappa shape index (κ3) is 5.91. The van der Waals surface area contributed by atoms with Crippen molar-refractivity contribution in [3.8, 4) is 11.5 Å². The lowest BCUT2D eigenvalue weighted by atomic mass is 10.1. The Morgan fingerprint density at radius 1 is 1.17 bits per heavy atom. The van der Waals surface area contributed by atoms with Gasteiger partial charge in [0.15, 0.2) is 5.96 Å². The van der Waals surface area contributed by atoms with E-state index in [9.17, 15) is 0 Å². The van der Waals surface area contributed by atoms with Crippen molar-refractivity contribution in [1.29, 1.82) is 0 Å². The number of benzene rings is 1. The van der Waals surface area contributed by atoms with Crippen LogP contribution in [0.4, 0.5) is 0 Å². The van der Waals surface area contributed by atoms with Gasteiger partial charge < -0.3 is 19.6 Å². The molecule has 0 saturated heterocycles. The highest BCUT2D eigenvalue weighted by Crippen LogP contribution is 2.19. The molecular formula is C21H29N7O. The summed E-state index contributed by atoms with van der Waals surface area (Å²) in [6.45, 7) is 9.17. The number of aryl methyl sites for hydroxylation is 2. The van der Waals surface area contributed by atoms with Crippen LogP contribution >= 0.6 is 0 Å². The summed E-state index contributed by atoms with van der Waals surface area (Å²) in [5.41, 5.74) is 3.10. The van der Waals surface area contributed by atoms with Gasteiger partial charge in [0, 0.05) is 44.6 Å². The van der Waals surface area contributed by atoms with Crippen LogP contribution in [0.25, 0.3) is 11.5 Å². The SMILES string of the molecule is CCNC(=NCCc1coc(-c2ccc(C)cc2)n1)NCCn1cnnc1CC. The number of nitrogens with one attached hydrogen (secondary N) is 2. The molecule has 0 bridgehead atoms. The van der Waals surface area contributed by atoms with Crippen LogP contribution in [0.3, 0.4) is 0 Å². The lowest BCUT2D eigenvalue weighted by Gasteiger charge is -2.12. The van der Waals surface area contributed by atoms with Gasteiger partial charge in [0.05, 0.1) is 5.69 Å². The molecule has 2 N–H and O–H groups in total. The minimum atomic E-state index is 0.627. The average molecular weight is 396 g/mol. The standard InChI is InChI=1S/C21H29N7O/c1-4-19-27-25-15-28(19)13-12-24-21(22-5-2)23-11-10-18-14-29-20(26-18)17-8-6-16(3)7-9-17/h6-9,14-15H,4-5,10-13H2,1-3H3,(H2,22,23,24). The Balaban J connectivity index is 1.50. The van der Waals surface area contributed by atoms with Gasteiger partial charge in [0.2, 0.25) is 5.89 Å². The monoisotopic (exact) mass is 395 g/mol. The van der Waals surface area contributed by atoms with Crippen molar-refractivity contribution in [2.24, 2.45) is 4.99 Å². The maximum absolute atomic E-state index is 5.62. The number of aromatic nitrogens is 4. The van der Waals surface area contributed by atoms with Crippen LogP contribution in [-0.2, 0) is 19.4 Å². The van der Waals surface area contributed by atoms with Gasteiger partial charge in [-0.15, -0.1) is 10.2 Å².